The molecule has 0 spiro atoms. The predicted molar refractivity (Wildman–Crippen MR) is 94.9 cm³/mol. The van der Waals surface area contributed by atoms with Crippen molar-refractivity contribution in [1.29, 1.82) is 0 Å². The number of aromatic nitrogens is 2. The number of halogens is 2. The third-order valence-electron chi connectivity index (χ3n) is 3.71. The van der Waals surface area contributed by atoms with Crippen LogP contribution in [0.2, 0.25) is 0 Å². The van der Waals surface area contributed by atoms with Crippen LogP contribution in [-0.2, 0) is 10.0 Å². The third-order valence-corrected chi connectivity index (χ3v) is 5.54. The van der Waals surface area contributed by atoms with Gasteiger partial charge in [0.1, 0.15) is 0 Å². The van der Waals surface area contributed by atoms with Gasteiger partial charge in [0.2, 0.25) is 15.9 Å². The van der Waals surface area contributed by atoms with Crippen molar-refractivity contribution in [3.8, 4) is 11.5 Å². The molecule has 28 heavy (non-hydrogen) atoms. The number of anilines is 1. The number of carbonyl (C=O) groups is 1. The van der Waals surface area contributed by atoms with Gasteiger partial charge in [0.15, 0.2) is 11.6 Å². The second-order valence-electron chi connectivity index (χ2n) is 5.81. The molecule has 2 aromatic carbocycles. The van der Waals surface area contributed by atoms with Gasteiger partial charge in [-0.2, -0.15) is 0 Å². The zero-order valence-electron chi connectivity index (χ0n) is 14.7. The standard InChI is InChI=1S/C17H14F2N4O4S/c1-23(2)28(25,26)12-6-3-10(4-7-12)16-21-22-17(27-16)20-15(24)11-5-8-13(18)14(19)9-11/h3-9H,1-2H3,(H,20,22,24). The van der Waals surface area contributed by atoms with Crippen molar-refractivity contribution in [2.24, 2.45) is 0 Å². The van der Waals surface area contributed by atoms with Gasteiger partial charge in [-0.1, -0.05) is 5.10 Å². The molecule has 3 rings (SSSR count). The number of amides is 1. The van der Waals surface area contributed by atoms with Gasteiger partial charge < -0.3 is 4.42 Å². The molecule has 0 bridgehead atoms. The normalized spacial score (nSPS) is 11.6. The molecule has 8 nitrogen and oxygen atoms in total. The minimum atomic E-state index is -3.57. The Kier molecular flexibility index (Phi) is 5.21. The monoisotopic (exact) mass is 408 g/mol. The molecule has 0 unspecified atom stereocenters. The van der Waals surface area contributed by atoms with E-state index >= 15 is 0 Å². The summed E-state index contributed by atoms with van der Waals surface area (Å²) in [5, 5.41) is 9.70. The van der Waals surface area contributed by atoms with Crippen LogP contribution in [0.3, 0.4) is 0 Å². The highest BCUT2D eigenvalue weighted by molar-refractivity contribution is 7.89. The van der Waals surface area contributed by atoms with Crippen molar-refractivity contribution in [1.82, 2.24) is 14.5 Å². The quantitative estimate of drug-likeness (QED) is 0.696. The van der Waals surface area contributed by atoms with E-state index in [1.165, 1.54) is 38.4 Å². The zero-order chi connectivity index (χ0) is 20.5. The van der Waals surface area contributed by atoms with Crippen LogP contribution in [0, 0.1) is 11.6 Å². The second kappa shape index (κ2) is 7.44. The first-order valence-corrected chi connectivity index (χ1v) is 9.25. The van der Waals surface area contributed by atoms with Gasteiger partial charge in [-0.15, -0.1) is 5.10 Å². The molecule has 1 aromatic heterocycles. The van der Waals surface area contributed by atoms with Gasteiger partial charge in [-0.25, -0.2) is 21.5 Å². The highest BCUT2D eigenvalue weighted by Gasteiger charge is 2.18. The molecule has 146 valence electrons. The first-order chi connectivity index (χ1) is 13.2. The second-order valence-corrected chi connectivity index (χ2v) is 7.96. The maximum Gasteiger partial charge on any atom is 0.322 e. The summed E-state index contributed by atoms with van der Waals surface area (Å²) in [4.78, 5) is 12.1. The van der Waals surface area contributed by atoms with Crippen LogP contribution in [0.15, 0.2) is 51.8 Å². The molecule has 1 amide bonds. The minimum Gasteiger partial charge on any atom is -0.403 e. The van der Waals surface area contributed by atoms with Crippen molar-refractivity contribution in [3.05, 3.63) is 59.7 Å². The Balaban J connectivity index is 1.77. The fourth-order valence-electron chi connectivity index (χ4n) is 2.18. The molecule has 0 fully saturated rings. The lowest BCUT2D eigenvalue weighted by atomic mass is 10.2. The van der Waals surface area contributed by atoms with Crippen molar-refractivity contribution < 1.29 is 26.4 Å². The molecule has 1 heterocycles. The van der Waals surface area contributed by atoms with E-state index in [4.69, 9.17) is 4.42 Å². The lowest BCUT2D eigenvalue weighted by Gasteiger charge is -2.11. The summed E-state index contributed by atoms with van der Waals surface area (Å²) >= 11 is 0. The SMILES string of the molecule is CN(C)S(=O)(=O)c1ccc(-c2nnc(NC(=O)c3ccc(F)c(F)c3)o2)cc1. The van der Waals surface area contributed by atoms with Gasteiger partial charge in [-0.05, 0) is 42.5 Å². The van der Waals surface area contributed by atoms with Crippen LogP contribution in [0.4, 0.5) is 14.8 Å². The number of carbonyl (C=O) groups excluding carboxylic acids is 1. The van der Waals surface area contributed by atoms with Crippen molar-refractivity contribution in [3.63, 3.8) is 0 Å². The lowest BCUT2D eigenvalue weighted by Crippen LogP contribution is -2.22. The summed E-state index contributed by atoms with van der Waals surface area (Å²) in [5.41, 5.74) is 0.301. The molecule has 11 heteroatoms. The molecule has 0 saturated carbocycles. The number of sulfonamides is 1. The van der Waals surface area contributed by atoms with E-state index in [0.29, 0.717) is 5.56 Å². The number of benzene rings is 2. The Labute approximate surface area is 158 Å². The van der Waals surface area contributed by atoms with Gasteiger partial charge >= 0.3 is 6.01 Å². The lowest BCUT2D eigenvalue weighted by molar-refractivity contribution is 0.102. The Morgan fingerprint density at radius 1 is 1.04 bits per heavy atom. The van der Waals surface area contributed by atoms with E-state index in [2.05, 4.69) is 15.5 Å². The summed E-state index contributed by atoms with van der Waals surface area (Å²) in [5.74, 6) is -2.96. The molecule has 0 radical (unpaired) electrons. The molecule has 3 aromatic rings. The predicted octanol–water partition coefficient (Wildman–Crippen LogP) is 2.52. The number of rotatable bonds is 5. The van der Waals surface area contributed by atoms with E-state index in [0.717, 1.165) is 22.5 Å². The van der Waals surface area contributed by atoms with Crippen molar-refractivity contribution in [2.75, 3.05) is 19.4 Å². The van der Waals surface area contributed by atoms with E-state index in [1.807, 2.05) is 0 Å². The average molecular weight is 408 g/mol. The largest absolute Gasteiger partial charge is 0.403 e. The van der Waals surface area contributed by atoms with Crippen molar-refractivity contribution >= 4 is 21.9 Å². The summed E-state index contributed by atoms with van der Waals surface area (Å²) in [7, 11) is -0.732. The van der Waals surface area contributed by atoms with Crippen LogP contribution >= 0.6 is 0 Å². The number of hydrogen-bond acceptors (Lipinski definition) is 6. The average Bonchev–Trinajstić information content (AvgIpc) is 3.12. The maximum atomic E-state index is 13.2. The molecule has 0 aliphatic carbocycles. The minimum absolute atomic E-state index is 0.0365. The first-order valence-electron chi connectivity index (χ1n) is 7.81. The van der Waals surface area contributed by atoms with E-state index in [1.54, 1.807) is 0 Å². The molecule has 1 N–H and O–H groups in total. The molecule has 0 atom stereocenters. The summed E-state index contributed by atoms with van der Waals surface area (Å²) in [6.07, 6.45) is 0. The van der Waals surface area contributed by atoms with Gasteiger partial charge in [0.05, 0.1) is 4.90 Å². The van der Waals surface area contributed by atoms with Crippen LogP contribution in [0.25, 0.3) is 11.5 Å². The van der Waals surface area contributed by atoms with Gasteiger partial charge in [0, 0.05) is 25.2 Å². The van der Waals surface area contributed by atoms with E-state index < -0.39 is 27.6 Å². The molecule has 0 saturated heterocycles. The highest BCUT2D eigenvalue weighted by Crippen LogP contribution is 2.23. The number of nitrogens with zero attached hydrogens (tertiary/aromatic N) is 3. The summed E-state index contributed by atoms with van der Waals surface area (Å²) in [6, 6.07) is 8.14. The molecular weight excluding hydrogens is 394 g/mol. The van der Waals surface area contributed by atoms with E-state index in [-0.39, 0.29) is 22.4 Å². The Bertz CT molecular complexity index is 1130. The summed E-state index contributed by atoms with van der Waals surface area (Å²) in [6.45, 7) is 0. The number of hydrogen-bond donors (Lipinski definition) is 1. The van der Waals surface area contributed by atoms with Crippen molar-refractivity contribution in [2.45, 2.75) is 4.90 Å². The third kappa shape index (κ3) is 3.89. The zero-order valence-corrected chi connectivity index (χ0v) is 15.5. The Hall–Kier alpha value is -3.18. The van der Waals surface area contributed by atoms with Crippen LogP contribution in [-0.4, -0.2) is 42.9 Å². The topological polar surface area (TPSA) is 105 Å². The Morgan fingerprint density at radius 3 is 2.32 bits per heavy atom. The van der Waals surface area contributed by atoms with Crippen LogP contribution in [0.5, 0.6) is 0 Å². The maximum absolute atomic E-state index is 13.2. The summed E-state index contributed by atoms with van der Waals surface area (Å²) < 4.78 is 56.7. The molecule has 0 aliphatic heterocycles. The Morgan fingerprint density at radius 2 is 1.71 bits per heavy atom. The van der Waals surface area contributed by atoms with Crippen LogP contribution in [0.1, 0.15) is 10.4 Å². The van der Waals surface area contributed by atoms with Gasteiger partial charge in [-0.3, -0.25) is 10.1 Å². The number of nitrogens with one attached hydrogen (secondary N) is 1. The van der Waals surface area contributed by atoms with Crippen LogP contribution < -0.4 is 5.32 Å². The highest BCUT2D eigenvalue weighted by atomic mass is 32.2. The van der Waals surface area contributed by atoms with E-state index in [9.17, 15) is 22.0 Å². The fraction of sp³-hybridized carbons (Fsp3) is 0.118. The molecular formula is C17H14F2N4O4S. The first kappa shape index (κ1) is 19.6. The molecule has 0 aliphatic rings. The fourth-order valence-corrected chi connectivity index (χ4v) is 3.08. The van der Waals surface area contributed by atoms with Gasteiger partial charge in [0.25, 0.3) is 5.91 Å². The smallest absolute Gasteiger partial charge is 0.322 e.